The summed E-state index contributed by atoms with van der Waals surface area (Å²) in [6.45, 7) is 2.63. The van der Waals surface area contributed by atoms with Gasteiger partial charge in [0.05, 0.1) is 18.5 Å². The fourth-order valence-corrected chi connectivity index (χ4v) is 6.16. The molecular formula is C25H21N3O2S. The van der Waals surface area contributed by atoms with Crippen LogP contribution >= 0.6 is 11.3 Å². The fourth-order valence-electron chi connectivity index (χ4n) is 5.26. The molecule has 0 saturated heterocycles. The van der Waals surface area contributed by atoms with E-state index in [0.717, 1.165) is 33.1 Å². The molecule has 4 aromatic rings. The van der Waals surface area contributed by atoms with Crippen LogP contribution in [0.4, 0.5) is 5.69 Å². The first-order valence-corrected chi connectivity index (χ1v) is 11.2. The second-order valence-corrected chi connectivity index (χ2v) is 9.07. The van der Waals surface area contributed by atoms with Crippen molar-refractivity contribution in [3.8, 4) is 0 Å². The molecule has 0 spiro atoms. The Morgan fingerprint density at radius 2 is 1.87 bits per heavy atom. The molecule has 0 bridgehead atoms. The van der Waals surface area contributed by atoms with Crippen molar-refractivity contribution in [3.05, 3.63) is 88.2 Å². The van der Waals surface area contributed by atoms with Crippen molar-refractivity contribution in [1.29, 1.82) is 0 Å². The second kappa shape index (κ2) is 6.56. The molecule has 0 unspecified atom stereocenters. The Bertz CT molecular complexity index is 1340. The van der Waals surface area contributed by atoms with Crippen molar-refractivity contribution >= 4 is 39.6 Å². The van der Waals surface area contributed by atoms with Gasteiger partial charge in [0.25, 0.3) is 0 Å². The van der Waals surface area contributed by atoms with Gasteiger partial charge >= 0.3 is 5.97 Å². The first-order valence-electron chi connectivity index (χ1n) is 10.3. The number of carbonyl (C=O) groups excluding carboxylic acids is 1. The fraction of sp³-hybridized carbons (Fsp3) is 0.200. The first-order chi connectivity index (χ1) is 15.2. The Hall–Kier alpha value is -3.38. The molecule has 0 fully saturated rings. The zero-order valence-corrected chi connectivity index (χ0v) is 18.1. The van der Waals surface area contributed by atoms with Crippen molar-refractivity contribution < 1.29 is 9.53 Å². The predicted molar refractivity (Wildman–Crippen MR) is 124 cm³/mol. The van der Waals surface area contributed by atoms with E-state index in [1.807, 2.05) is 47.5 Å². The summed E-state index contributed by atoms with van der Waals surface area (Å²) in [5.41, 5.74) is 4.18. The molecule has 2 aromatic heterocycles. The first kappa shape index (κ1) is 18.4. The maximum Gasteiger partial charge on any atom is 0.322 e. The molecule has 2 atom stereocenters. The van der Waals surface area contributed by atoms with Gasteiger partial charge in [-0.3, -0.25) is 9.80 Å². The number of aryl methyl sites for hydroxylation is 1. The topological polar surface area (TPSA) is 46.8 Å². The number of para-hydroxylation sites is 2. The molecule has 6 rings (SSSR count). The largest absolute Gasteiger partial charge is 0.468 e. The molecule has 6 heteroatoms. The van der Waals surface area contributed by atoms with E-state index in [9.17, 15) is 4.79 Å². The summed E-state index contributed by atoms with van der Waals surface area (Å²) in [6.07, 6.45) is 0. The number of hydrogen-bond donors (Lipinski definition) is 0. The van der Waals surface area contributed by atoms with Crippen LogP contribution in [-0.2, 0) is 16.1 Å². The minimum absolute atomic E-state index is 0.240. The third-order valence-electron chi connectivity index (χ3n) is 6.58. The van der Waals surface area contributed by atoms with Crippen molar-refractivity contribution in [1.82, 2.24) is 4.57 Å². The van der Waals surface area contributed by atoms with Gasteiger partial charge in [-0.05, 0) is 42.1 Å². The summed E-state index contributed by atoms with van der Waals surface area (Å²) < 4.78 is 7.70. The number of carbonyl (C=O) groups is 1. The van der Waals surface area contributed by atoms with Crippen LogP contribution in [0, 0.1) is 12.3 Å². The van der Waals surface area contributed by atoms with Gasteiger partial charge in [-0.1, -0.05) is 42.5 Å². The average Bonchev–Trinajstić information content (AvgIpc) is 3.56. The van der Waals surface area contributed by atoms with Gasteiger partial charge in [-0.25, -0.2) is 0 Å². The Morgan fingerprint density at radius 3 is 2.61 bits per heavy atom. The van der Waals surface area contributed by atoms with Crippen LogP contribution in [0.15, 0.2) is 77.2 Å². The SMILES string of the molecule is COC(=O)[C@@]12Cn3c(c(C)c4ccccc43)C1=NN(c1ccccc1)[C@@H]2c1cccs1. The minimum Gasteiger partial charge on any atom is -0.468 e. The molecule has 31 heavy (non-hydrogen) atoms. The lowest BCUT2D eigenvalue weighted by Crippen LogP contribution is -2.44. The Labute approximate surface area is 184 Å². The molecule has 5 nitrogen and oxygen atoms in total. The number of hydrazone groups is 1. The van der Waals surface area contributed by atoms with Gasteiger partial charge in [0.1, 0.15) is 11.8 Å². The average molecular weight is 428 g/mol. The maximum atomic E-state index is 13.6. The zero-order chi connectivity index (χ0) is 21.2. The number of fused-ring (bicyclic) bond motifs is 5. The molecule has 2 aliphatic rings. The Morgan fingerprint density at radius 1 is 1.10 bits per heavy atom. The van der Waals surface area contributed by atoms with E-state index < -0.39 is 5.41 Å². The number of thiophene rings is 1. The van der Waals surface area contributed by atoms with Crippen LogP contribution in [0.1, 0.15) is 22.2 Å². The number of nitrogens with zero attached hydrogens (tertiary/aromatic N) is 3. The Kier molecular flexibility index (Phi) is 3.89. The highest BCUT2D eigenvalue weighted by Crippen LogP contribution is 2.55. The normalized spacial score (nSPS) is 21.8. The van der Waals surface area contributed by atoms with Gasteiger partial charge in [0, 0.05) is 22.3 Å². The van der Waals surface area contributed by atoms with Gasteiger partial charge in [-0.2, -0.15) is 5.10 Å². The lowest BCUT2D eigenvalue weighted by atomic mass is 9.76. The van der Waals surface area contributed by atoms with Gasteiger partial charge < -0.3 is 9.30 Å². The van der Waals surface area contributed by atoms with Crippen LogP contribution in [-0.4, -0.2) is 23.4 Å². The smallest absolute Gasteiger partial charge is 0.322 e. The lowest BCUT2D eigenvalue weighted by molar-refractivity contribution is -0.149. The number of hydrogen-bond acceptors (Lipinski definition) is 5. The monoisotopic (exact) mass is 427 g/mol. The maximum absolute atomic E-state index is 13.6. The number of ether oxygens (including phenoxy) is 1. The molecule has 0 saturated carbocycles. The van der Waals surface area contributed by atoms with Gasteiger partial charge in [0.2, 0.25) is 0 Å². The summed E-state index contributed by atoms with van der Waals surface area (Å²) in [4.78, 5) is 14.7. The summed E-state index contributed by atoms with van der Waals surface area (Å²) in [5.74, 6) is -0.240. The highest BCUT2D eigenvalue weighted by atomic mass is 32.1. The highest BCUT2D eigenvalue weighted by molar-refractivity contribution is 7.10. The second-order valence-electron chi connectivity index (χ2n) is 8.09. The molecule has 0 aliphatic carbocycles. The van der Waals surface area contributed by atoms with E-state index in [1.165, 1.54) is 12.5 Å². The molecule has 0 amide bonds. The highest BCUT2D eigenvalue weighted by Gasteiger charge is 2.63. The third-order valence-corrected chi connectivity index (χ3v) is 7.51. The number of anilines is 1. The van der Waals surface area contributed by atoms with E-state index >= 15 is 0 Å². The van der Waals surface area contributed by atoms with Crippen LogP contribution < -0.4 is 5.01 Å². The molecular weight excluding hydrogens is 406 g/mol. The molecule has 0 radical (unpaired) electrons. The van der Waals surface area contributed by atoms with E-state index in [2.05, 4.69) is 41.1 Å². The summed E-state index contributed by atoms with van der Waals surface area (Å²) >= 11 is 1.65. The van der Waals surface area contributed by atoms with Crippen molar-refractivity contribution in [3.63, 3.8) is 0 Å². The van der Waals surface area contributed by atoms with Crippen LogP contribution in [0.3, 0.4) is 0 Å². The van der Waals surface area contributed by atoms with Gasteiger partial charge in [0.15, 0.2) is 5.41 Å². The minimum atomic E-state index is -0.903. The van der Waals surface area contributed by atoms with E-state index in [4.69, 9.17) is 9.84 Å². The molecule has 2 aromatic carbocycles. The van der Waals surface area contributed by atoms with Crippen molar-refractivity contribution in [2.45, 2.75) is 19.5 Å². The van der Waals surface area contributed by atoms with E-state index in [-0.39, 0.29) is 12.0 Å². The predicted octanol–water partition coefficient (Wildman–Crippen LogP) is 5.15. The van der Waals surface area contributed by atoms with Crippen molar-refractivity contribution in [2.24, 2.45) is 10.5 Å². The van der Waals surface area contributed by atoms with Crippen molar-refractivity contribution in [2.75, 3.05) is 12.1 Å². The number of methoxy groups -OCH3 is 1. The lowest BCUT2D eigenvalue weighted by Gasteiger charge is -2.33. The quantitative estimate of drug-likeness (QED) is 0.425. The molecule has 2 aliphatic heterocycles. The number of esters is 1. The standard InChI is InChI=1S/C25H21N3O2S/c1-16-18-11-6-7-12-19(18)27-15-25(24(29)30-2)22(21(16)27)26-28(17-9-4-3-5-10-17)23(25)20-13-8-14-31-20/h3-14,23H,15H2,1-2H3/t23-,25+/m1/s1. The van der Waals surface area contributed by atoms with Crippen LogP contribution in [0.5, 0.6) is 0 Å². The van der Waals surface area contributed by atoms with Gasteiger partial charge in [-0.15, -0.1) is 11.3 Å². The number of rotatable bonds is 3. The van der Waals surface area contributed by atoms with Crippen LogP contribution in [0.2, 0.25) is 0 Å². The van der Waals surface area contributed by atoms with Crippen LogP contribution in [0.25, 0.3) is 10.9 Å². The number of benzene rings is 2. The van der Waals surface area contributed by atoms with E-state index in [0.29, 0.717) is 6.54 Å². The Balaban J connectivity index is 1.66. The molecule has 154 valence electrons. The molecule has 4 heterocycles. The van der Waals surface area contributed by atoms with E-state index in [1.54, 1.807) is 11.3 Å². The third kappa shape index (κ3) is 2.31. The summed E-state index contributed by atoms with van der Waals surface area (Å²) in [6, 6.07) is 22.3. The zero-order valence-electron chi connectivity index (χ0n) is 17.3. The number of aromatic nitrogens is 1. The molecule has 0 N–H and O–H groups in total. The summed E-state index contributed by atoms with van der Waals surface area (Å²) in [5, 5.41) is 10.4. The summed E-state index contributed by atoms with van der Waals surface area (Å²) in [7, 11) is 1.48.